The lowest BCUT2D eigenvalue weighted by Crippen LogP contribution is -2.36. The Balaban J connectivity index is 0.00000512. The third kappa shape index (κ3) is 7.84. The van der Waals surface area contributed by atoms with Gasteiger partial charge in [0.1, 0.15) is 6.61 Å². The summed E-state index contributed by atoms with van der Waals surface area (Å²) >= 11 is 0. The maximum absolute atomic E-state index is 5.94. The quantitative estimate of drug-likeness (QED) is 0.251. The summed E-state index contributed by atoms with van der Waals surface area (Å²) in [6.07, 6.45) is 0. The lowest BCUT2D eigenvalue weighted by molar-refractivity contribution is 0.217. The van der Waals surface area contributed by atoms with E-state index >= 15 is 0 Å². The Morgan fingerprint density at radius 1 is 1.12 bits per heavy atom. The van der Waals surface area contributed by atoms with Gasteiger partial charge in [0, 0.05) is 45.0 Å². The van der Waals surface area contributed by atoms with Gasteiger partial charge in [-0.25, -0.2) is 0 Å². The maximum atomic E-state index is 5.94. The molecule has 2 N–H and O–H groups in total. The topological polar surface area (TPSA) is 75.9 Å². The Kier molecular flexibility index (Phi) is 12.4. The van der Waals surface area contributed by atoms with Crippen molar-refractivity contribution in [1.29, 1.82) is 0 Å². The van der Waals surface area contributed by atoms with Crippen molar-refractivity contribution < 1.29 is 9.47 Å². The standard InChI is InChI=1S/C23H38N6O2.HI/c1-8-29(9-2)12-13-31-21-11-10-19(14-22(21)30-7)15-25-23(24-5)26-16-20-17(3)27-28(6)18(20)4;/h10-11,14H,8-9,12-13,15-16H2,1-7H3,(H2,24,25,26);1H. The van der Waals surface area contributed by atoms with Crippen molar-refractivity contribution in [1.82, 2.24) is 25.3 Å². The first kappa shape index (κ1) is 28.0. The van der Waals surface area contributed by atoms with Crippen LogP contribution in [0, 0.1) is 13.8 Å². The highest BCUT2D eigenvalue weighted by atomic mass is 127. The number of ether oxygens (including phenoxy) is 2. The number of halogens is 1. The van der Waals surface area contributed by atoms with Crippen molar-refractivity contribution >= 4 is 29.9 Å². The molecule has 0 spiro atoms. The lowest BCUT2D eigenvalue weighted by Gasteiger charge is -2.19. The molecule has 0 radical (unpaired) electrons. The number of aromatic nitrogens is 2. The summed E-state index contributed by atoms with van der Waals surface area (Å²) in [6, 6.07) is 6.02. The molecule has 1 aromatic carbocycles. The number of benzene rings is 1. The minimum atomic E-state index is 0. The molecule has 180 valence electrons. The second kappa shape index (κ2) is 14.2. The molecule has 9 heteroatoms. The predicted molar refractivity (Wildman–Crippen MR) is 141 cm³/mol. The lowest BCUT2D eigenvalue weighted by atomic mass is 10.2. The molecule has 0 saturated heterocycles. The summed E-state index contributed by atoms with van der Waals surface area (Å²) < 4.78 is 13.4. The summed E-state index contributed by atoms with van der Waals surface area (Å²) in [6.45, 7) is 13.3. The predicted octanol–water partition coefficient (Wildman–Crippen LogP) is 3.25. The number of aliphatic imine (C=N–C) groups is 1. The highest BCUT2D eigenvalue weighted by Gasteiger charge is 2.11. The number of aryl methyl sites for hydroxylation is 2. The van der Waals surface area contributed by atoms with E-state index in [1.807, 2.05) is 36.9 Å². The SMILES string of the molecule is CCN(CC)CCOc1ccc(CNC(=NC)NCc2c(C)nn(C)c2C)cc1OC.I. The number of hydrogen-bond donors (Lipinski definition) is 2. The minimum Gasteiger partial charge on any atom is -0.493 e. The molecular weight excluding hydrogens is 519 g/mol. The van der Waals surface area contributed by atoms with E-state index in [0.717, 1.165) is 54.0 Å². The van der Waals surface area contributed by atoms with Gasteiger partial charge in [-0.15, -0.1) is 24.0 Å². The molecule has 0 saturated carbocycles. The van der Waals surface area contributed by atoms with Crippen molar-refractivity contribution in [2.75, 3.05) is 40.4 Å². The van der Waals surface area contributed by atoms with Crippen LogP contribution in [0.4, 0.5) is 0 Å². The molecule has 2 rings (SSSR count). The van der Waals surface area contributed by atoms with Gasteiger partial charge >= 0.3 is 0 Å². The number of guanidine groups is 1. The Morgan fingerprint density at radius 3 is 2.38 bits per heavy atom. The van der Waals surface area contributed by atoms with Crippen LogP contribution in [0.3, 0.4) is 0 Å². The van der Waals surface area contributed by atoms with Gasteiger partial charge in [0.25, 0.3) is 0 Å². The van der Waals surface area contributed by atoms with Gasteiger partial charge in [-0.1, -0.05) is 19.9 Å². The highest BCUT2D eigenvalue weighted by molar-refractivity contribution is 14.0. The molecule has 0 fully saturated rings. The van der Waals surface area contributed by atoms with E-state index in [1.165, 1.54) is 5.56 Å². The first-order valence-electron chi connectivity index (χ1n) is 10.9. The summed E-state index contributed by atoms with van der Waals surface area (Å²) in [7, 11) is 5.40. The van der Waals surface area contributed by atoms with Crippen molar-refractivity contribution in [3.05, 3.63) is 40.7 Å². The van der Waals surface area contributed by atoms with E-state index in [0.29, 0.717) is 19.7 Å². The highest BCUT2D eigenvalue weighted by Crippen LogP contribution is 2.28. The van der Waals surface area contributed by atoms with Crippen LogP contribution in [0.25, 0.3) is 0 Å². The van der Waals surface area contributed by atoms with Crippen LogP contribution in [0.1, 0.15) is 36.4 Å². The molecule has 0 aliphatic rings. The average Bonchev–Trinajstić information content (AvgIpc) is 3.02. The van der Waals surface area contributed by atoms with E-state index in [9.17, 15) is 0 Å². The van der Waals surface area contributed by atoms with Crippen molar-refractivity contribution in [3.8, 4) is 11.5 Å². The van der Waals surface area contributed by atoms with Gasteiger partial charge in [0.2, 0.25) is 0 Å². The normalized spacial score (nSPS) is 11.3. The molecule has 2 aromatic rings. The van der Waals surface area contributed by atoms with Crippen LogP contribution in [0.15, 0.2) is 23.2 Å². The zero-order valence-corrected chi connectivity index (χ0v) is 22.8. The molecule has 8 nitrogen and oxygen atoms in total. The molecule has 1 aromatic heterocycles. The number of nitrogens with one attached hydrogen (secondary N) is 2. The molecule has 0 aliphatic carbocycles. The zero-order valence-electron chi connectivity index (χ0n) is 20.5. The minimum absolute atomic E-state index is 0. The molecule has 0 aliphatic heterocycles. The van der Waals surface area contributed by atoms with Crippen molar-refractivity contribution in [2.24, 2.45) is 12.0 Å². The van der Waals surface area contributed by atoms with Crippen LogP contribution >= 0.6 is 24.0 Å². The van der Waals surface area contributed by atoms with Gasteiger partial charge in [0.05, 0.1) is 12.8 Å². The Labute approximate surface area is 209 Å². The van der Waals surface area contributed by atoms with E-state index in [4.69, 9.17) is 9.47 Å². The first-order chi connectivity index (χ1) is 14.9. The van der Waals surface area contributed by atoms with Gasteiger partial charge in [0.15, 0.2) is 17.5 Å². The van der Waals surface area contributed by atoms with Crippen LogP contribution in [-0.2, 0) is 20.1 Å². The van der Waals surface area contributed by atoms with Gasteiger partial charge in [-0.05, 0) is 44.6 Å². The fourth-order valence-corrected chi connectivity index (χ4v) is 3.42. The van der Waals surface area contributed by atoms with Crippen LogP contribution in [0.5, 0.6) is 11.5 Å². The van der Waals surface area contributed by atoms with Gasteiger partial charge in [-0.2, -0.15) is 5.10 Å². The molecule has 1 heterocycles. The van der Waals surface area contributed by atoms with E-state index in [-0.39, 0.29) is 24.0 Å². The van der Waals surface area contributed by atoms with Crippen molar-refractivity contribution in [2.45, 2.75) is 40.8 Å². The number of likely N-dealkylation sites (N-methyl/N-ethyl adjacent to an activating group) is 1. The van der Waals surface area contributed by atoms with Gasteiger partial charge in [-0.3, -0.25) is 9.67 Å². The second-order valence-electron chi connectivity index (χ2n) is 7.41. The fourth-order valence-electron chi connectivity index (χ4n) is 3.42. The van der Waals surface area contributed by atoms with Crippen LogP contribution < -0.4 is 20.1 Å². The number of rotatable bonds is 11. The molecule has 32 heavy (non-hydrogen) atoms. The Hall–Kier alpha value is -2.01. The van der Waals surface area contributed by atoms with E-state index in [1.54, 1.807) is 14.2 Å². The van der Waals surface area contributed by atoms with Crippen LogP contribution in [-0.4, -0.2) is 61.0 Å². The second-order valence-corrected chi connectivity index (χ2v) is 7.41. The first-order valence-corrected chi connectivity index (χ1v) is 10.9. The zero-order chi connectivity index (χ0) is 22.8. The van der Waals surface area contributed by atoms with Crippen molar-refractivity contribution in [3.63, 3.8) is 0 Å². The van der Waals surface area contributed by atoms with E-state index in [2.05, 4.69) is 46.4 Å². The molecular formula is C23H39IN6O2. The summed E-state index contributed by atoms with van der Waals surface area (Å²) in [5.41, 5.74) is 4.47. The average molecular weight is 559 g/mol. The molecule has 0 bridgehead atoms. The molecule has 0 unspecified atom stereocenters. The Bertz CT molecular complexity index is 864. The smallest absolute Gasteiger partial charge is 0.191 e. The maximum Gasteiger partial charge on any atom is 0.191 e. The molecule has 0 atom stereocenters. The monoisotopic (exact) mass is 558 g/mol. The number of nitrogens with zero attached hydrogens (tertiary/aromatic N) is 4. The number of methoxy groups -OCH3 is 1. The fraction of sp³-hybridized carbons (Fsp3) is 0.565. The summed E-state index contributed by atoms with van der Waals surface area (Å²) in [5.74, 6) is 2.24. The summed E-state index contributed by atoms with van der Waals surface area (Å²) in [4.78, 5) is 6.66. The largest absolute Gasteiger partial charge is 0.493 e. The van der Waals surface area contributed by atoms with E-state index < -0.39 is 0 Å². The Morgan fingerprint density at radius 2 is 1.81 bits per heavy atom. The van der Waals surface area contributed by atoms with Gasteiger partial charge < -0.3 is 25.0 Å². The molecule has 0 amide bonds. The summed E-state index contributed by atoms with van der Waals surface area (Å²) in [5, 5.41) is 11.2. The third-order valence-electron chi connectivity index (χ3n) is 5.56. The number of hydrogen-bond acceptors (Lipinski definition) is 5. The van der Waals surface area contributed by atoms with Crippen LogP contribution in [0.2, 0.25) is 0 Å². The third-order valence-corrected chi connectivity index (χ3v) is 5.56.